The Balaban J connectivity index is 1.68. The van der Waals surface area contributed by atoms with E-state index in [1.54, 1.807) is 0 Å². The summed E-state index contributed by atoms with van der Waals surface area (Å²) in [5.74, 6) is -0.418. The molecule has 6 heteroatoms. The van der Waals surface area contributed by atoms with Crippen LogP contribution < -0.4 is 5.73 Å². The molecule has 1 aliphatic heterocycles. The zero-order chi connectivity index (χ0) is 15.2. The molecule has 0 radical (unpaired) electrons. The van der Waals surface area contributed by atoms with Crippen molar-refractivity contribution in [2.45, 2.75) is 57.1 Å². The van der Waals surface area contributed by atoms with Crippen LogP contribution in [0.3, 0.4) is 0 Å². The van der Waals surface area contributed by atoms with E-state index in [9.17, 15) is 9.59 Å². The Morgan fingerprint density at radius 1 is 1.10 bits per heavy atom. The van der Waals surface area contributed by atoms with Gasteiger partial charge in [0.05, 0.1) is 19.1 Å². The molecule has 2 fully saturated rings. The molecule has 0 bridgehead atoms. The van der Waals surface area contributed by atoms with E-state index in [0.29, 0.717) is 0 Å². The van der Waals surface area contributed by atoms with Crippen molar-refractivity contribution >= 4 is 11.9 Å². The monoisotopic (exact) mass is 298 g/mol. The second-order valence-corrected chi connectivity index (χ2v) is 6.15. The lowest BCUT2D eigenvalue weighted by atomic mass is 9.85. The number of amides is 1. The number of carbonyl (C=O) groups is 2. The first-order valence-corrected chi connectivity index (χ1v) is 7.94. The number of nitrogens with two attached hydrogens (primary N) is 1. The van der Waals surface area contributed by atoms with Gasteiger partial charge in [-0.05, 0) is 38.5 Å². The molecular weight excluding hydrogens is 272 g/mol. The molecule has 1 amide bonds. The van der Waals surface area contributed by atoms with E-state index in [-0.39, 0.29) is 37.0 Å². The van der Waals surface area contributed by atoms with Crippen LogP contribution in [-0.4, -0.2) is 53.7 Å². The average Bonchev–Trinajstić information content (AvgIpc) is 2.48. The van der Waals surface area contributed by atoms with Crippen LogP contribution in [0.25, 0.3) is 0 Å². The Morgan fingerprint density at radius 3 is 2.29 bits per heavy atom. The molecule has 21 heavy (non-hydrogen) atoms. The predicted octanol–water partition coefficient (Wildman–Crippen LogP) is 0.986. The second kappa shape index (κ2) is 7.75. The van der Waals surface area contributed by atoms with Crippen LogP contribution in [0.15, 0.2) is 0 Å². The number of aliphatic carboxylic acids is 1. The Bertz CT molecular complexity index is 359. The maximum absolute atomic E-state index is 12.4. The summed E-state index contributed by atoms with van der Waals surface area (Å²) in [7, 11) is 0. The molecule has 1 saturated heterocycles. The summed E-state index contributed by atoms with van der Waals surface area (Å²) >= 11 is 0. The van der Waals surface area contributed by atoms with Crippen LogP contribution in [0.1, 0.15) is 44.9 Å². The Labute approximate surface area is 125 Å². The number of carboxylic acid groups (broad SMARTS) is 1. The summed E-state index contributed by atoms with van der Waals surface area (Å²) in [4.78, 5) is 24.8. The van der Waals surface area contributed by atoms with Crippen LogP contribution in [0.2, 0.25) is 0 Å². The number of piperidine rings is 1. The molecule has 0 unspecified atom stereocenters. The smallest absolute Gasteiger partial charge is 0.305 e. The van der Waals surface area contributed by atoms with Crippen LogP contribution in [-0.2, 0) is 14.3 Å². The van der Waals surface area contributed by atoms with E-state index in [1.807, 2.05) is 4.90 Å². The highest BCUT2D eigenvalue weighted by Gasteiger charge is 2.30. The van der Waals surface area contributed by atoms with Gasteiger partial charge in [-0.3, -0.25) is 9.59 Å². The molecule has 1 aliphatic carbocycles. The van der Waals surface area contributed by atoms with Crippen LogP contribution in [0, 0.1) is 5.92 Å². The molecule has 3 N–H and O–H groups in total. The lowest BCUT2D eigenvalue weighted by molar-refractivity contribution is -0.140. The molecule has 1 heterocycles. The summed E-state index contributed by atoms with van der Waals surface area (Å²) in [6.07, 6.45) is 5.46. The molecule has 2 rings (SSSR count). The molecule has 0 aromatic carbocycles. The fraction of sp³-hybridized carbons (Fsp3) is 0.867. The summed E-state index contributed by atoms with van der Waals surface area (Å²) in [5.41, 5.74) is 5.88. The summed E-state index contributed by atoms with van der Waals surface area (Å²) in [5, 5.41) is 8.58. The molecule has 0 spiro atoms. The fourth-order valence-electron chi connectivity index (χ4n) is 3.18. The minimum absolute atomic E-state index is 0.0431. The van der Waals surface area contributed by atoms with Gasteiger partial charge in [-0.25, -0.2) is 0 Å². The number of likely N-dealkylation sites (tertiary alicyclic amines) is 1. The Hall–Kier alpha value is -1.14. The molecule has 0 aromatic heterocycles. The highest BCUT2D eigenvalue weighted by molar-refractivity contribution is 5.79. The summed E-state index contributed by atoms with van der Waals surface area (Å²) in [6.45, 7) is 1.70. The van der Waals surface area contributed by atoms with Gasteiger partial charge in [-0.15, -0.1) is 0 Å². The SMILES string of the molecule is NC1CCC(C(=O)N2CCC(OCCC(=O)O)CC2)CC1. The number of hydrogen-bond acceptors (Lipinski definition) is 4. The highest BCUT2D eigenvalue weighted by Crippen LogP contribution is 2.26. The average molecular weight is 298 g/mol. The predicted molar refractivity (Wildman–Crippen MR) is 77.7 cm³/mol. The van der Waals surface area contributed by atoms with E-state index in [4.69, 9.17) is 15.6 Å². The normalized spacial score (nSPS) is 27.6. The number of nitrogens with zero attached hydrogens (tertiary/aromatic N) is 1. The van der Waals surface area contributed by atoms with E-state index in [1.165, 1.54) is 0 Å². The molecule has 2 aliphatic rings. The lowest BCUT2D eigenvalue weighted by Gasteiger charge is -2.35. The Morgan fingerprint density at radius 2 is 1.71 bits per heavy atom. The minimum atomic E-state index is -0.835. The summed E-state index contributed by atoms with van der Waals surface area (Å²) in [6, 6.07) is 0.266. The van der Waals surface area contributed by atoms with Crippen molar-refractivity contribution in [2.75, 3.05) is 19.7 Å². The third-order valence-corrected chi connectivity index (χ3v) is 4.54. The quantitative estimate of drug-likeness (QED) is 0.789. The topological polar surface area (TPSA) is 92.9 Å². The maximum Gasteiger partial charge on any atom is 0.305 e. The van der Waals surface area contributed by atoms with Gasteiger partial charge in [0.15, 0.2) is 0 Å². The lowest BCUT2D eigenvalue weighted by Crippen LogP contribution is -2.45. The molecule has 0 atom stereocenters. The third kappa shape index (κ3) is 4.97. The van der Waals surface area contributed by atoms with E-state index in [2.05, 4.69) is 0 Å². The minimum Gasteiger partial charge on any atom is -0.481 e. The van der Waals surface area contributed by atoms with Crippen molar-refractivity contribution in [3.8, 4) is 0 Å². The van der Waals surface area contributed by atoms with Gasteiger partial charge in [-0.1, -0.05) is 0 Å². The number of hydrogen-bond donors (Lipinski definition) is 2. The number of rotatable bonds is 5. The largest absolute Gasteiger partial charge is 0.481 e. The number of ether oxygens (including phenoxy) is 1. The molecular formula is C15H26N2O4. The first-order valence-electron chi connectivity index (χ1n) is 7.94. The maximum atomic E-state index is 12.4. The van der Waals surface area contributed by atoms with Crippen LogP contribution in [0.5, 0.6) is 0 Å². The van der Waals surface area contributed by atoms with Crippen molar-refractivity contribution in [3.05, 3.63) is 0 Å². The second-order valence-electron chi connectivity index (χ2n) is 6.15. The van der Waals surface area contributed by atoms with E-state index >= 15 is 0 Å². The van der Waals surface area contributed by atoms with Crippen molar-refractivity contribution in [1.29, 1.82) is 0 Å². The van der Waals surface area contributed by atoms with Gasteiger partial charge < -0.3 is 20.5 Å². The third-order valence-electron chi connectivity index (χ3n) is 4.54. The van der Waals surface area contributed by atoms with Crippen molar-refractivity contribution in [2.24, 2.45) is 11.7 Å². The highest BCUT2D eigenvalue weighted by atomic mass is 16.5. The molecule has 6 nitrogen and oxygen atoms in total. The van der Waals surface area contributed by atoms with Gasteiger partial charge in [0, 0.05) is 25.0 Å². The standard InChI is InChI=1S/C15H26N2O4/c16-12-3-1-11(2-4-12)15(20)17-8-5-13(6-9-17)21-10-7-14(18)19/h11-13H,1-10,16H2,(H,18,19). The van der Waals surface area contributed by atoms with Crippen molar-refractivity contribution in [1.82, 2.24) is 4.90 Å². The Kier molecular flexibility index (Phi) is 5.99. The van der Waals surface area contributed by atoms with Crippen molar-refractivity contribution < 1.29 is 19.4 Å². The van der Waals surface area contributed by atoms with Gasteiger partial charge >= 0.3 is 5.97 Å². The van der Waals surface area contributed by atoms with Crippen LogP contribution >= 0.6 is 0 Å². The van der Waals surface area contributed by atoms with Gasteiger partial charge in [-0.2, -0.15) is 0 Å². The molecule has 120 valence electrons. The first kappa shape index (κ1) is 16.2. The van der Waals surface area contributed by atoms with Crippen molar-refractivity contribution in [3.63, 3.8) is 0 Å². The van der Waals surface area contributed by atoms with E-state index in [0.717, 1.165) is 51.6 Å². The fourth-order valence-corrected chi connectivity index (χ4v) is 3.18. The van der Waals surface area contributed by atoms with Gasteiger partial charge in [0.1, 0.15) is 0 Å². The molecule has 1 saturated carbocycles. The van der Waals surface area contributed by atoms with Gasteiger partial charge in [0.2, 0.25) is 5.91 Å². The van der Waals surface area contributed by atoms with Gasteiger partial charge in [0.25, 0.3) is 0 Å². The zero-order valence-electron chi connectivity index (χ0n) is 12.5. The van der Waals surface area contributed by atoms with E-state index < -0.39 is 5.97 Å². The number of carbonyl (C=O) groups excluding carboxylic acids is 1. The summed E-state index contributed by atoms with van der Waals surface area (Å²) < 4.78 is 5.55. The van der Waals surface area contributed by atoms with Crippen LogP contribution in [0.4, 0.5) is 0 Å². The molecule has 0 aromatic rings. The zero-order valence-corrected chi connectivity index (χ0v) is 12.5. The number of carboxylic acids is 1. The first-order chi connectivity index (χ1) is 10.1.